The molecule has 0 atom stereocenters. The molecule has 0 spiro atoms. The number of hydrogen-bond acceptors (Lipinski definition) is 3. The fraction of sp³-hybridized carbons (Fsp3) is 0.556. The van der Waals surface area contributed by atoms with E-state index in [1.54, 1.807) is 11.3 Å². The molecule has 1 rings (SSSR count). The number of nitrogens with one attached hydrogen (secondary N) is 1. The van der Waals surface area contributed by atoms with Gasteiger partial charge in [0.2, 0.25) is 0 Å². The normalized spacial score (nSPS) is 10.6. The third kappa shape index (κ3) is 1.62. The second-order valence-corrected chi connectivity index (χ2v) is 4.01. The standard InChI is InChI=1S/C9H16N2S/c1-4-7-6(2)9(10)12-8(7)5-11-3/h11H,4-5,10H2,1-3H3. The summed E-state index contributed by atoms with van der Waals surface area (Å²) in [6.07, 6.45) is 1.08. The van der Waals surface area contributed by atoms with Crippen LogP contribution in [-0.2, 0) is 13.0 Å². The molecule has 0 fully saturated rings. The monoisotopic (exact) mass is 184 g/mol. The van der Waals surface area contributed by atoms with E-state index in [9.17, 15) is 0 Å². The van der Waals surface area contributed by atoms with Crippen molar-refractivity contribution in [3.05, 3.63) is 16.0 Å². The van der Waals surface area contributed by atoms with Crippen molar-refractivity contribution in [3.8, 4) is 0 Å². The zero-order chi connectivity index (χ0) is 9.14. The molecule has 0 unspecified atom stereocenters. The molecule has 0 aliphatic rings. The van der Waals surface area contributed by atoms with Crippen LogP contribution in [0.15, 0.2) is 0 Å². The van der Waals surface area contributed by atoms with E-state index in [0.29, 0.717) is 0 Å². The topological polar surface area (TPSA) is 38.0 Å². The van der Waals surface area contributed by atoms with Crippen molar-refractivity contribution in [2.24, 2.45) is 0 Å². The zero-order valence-electron chi connectivity index (χ0n) is 7.90. The Hall–Kier alpha value is -0.540. The molecule has 0 bridgehead atoms. The van der Waals surface area contributed by atoms with Crippen LogP contribution in [0.2, 0.25) is 0 Å². The largest absolute Gasteiger partial charge is 0.390 e. The predicted octanol–water partition coefficient (Wildman–Crippen LogP) is 1.92. The van der Waals surface area contributed by atoms with Gasteiger partial charge in [0.15, 0.2) is 0 Å². The van der Waals surface area contributed by atoms with Gasteiger partial charge in [-0.05, 0) is 31.5 Å². The van der Waals surface area contributed by atoms with E-state index in [-0.39, 0.29) is 0 Å². The summed E-state index contributed by atoms with van der Waals surface area (Å²) in [4.78, 5) is 1.38. The average Bonchev–Trinajstić information content (AvgIpc) is 2.29. The SMILES string of the molecule is CCc1c(CNC)sc(N)c1C. The molecule has 3 N–H and O–H groups in total. The van der Waals surface area contributed by atoms with Crippen LogP contribution in [0.25, 0.3) is 0 Å². The number of anilines is 1. The summed E-state index contributed by atoms with van der Waals surface area (Å²) in [6, 6.07) is 0. The summed E-state index contributed by atoms with van der Waals surface area (Å²) < 4.78 is 0. The molecular formula is C9H16N2S. The highest BCUT2D eigenvalue weighted by molar-refractivity contribution is 7.16. The number of thiophene rings is 1. The Morgan fingerprint density at radius 2 is 2.17 bits per heavy atom. The van der Waals surface area contributed by atoms with E-state index in [2.05, 4.69) is 19.2 Å². The molecule has 0 aliphatic carbocycles. The number of hydrogen-bond donors (Lipinski definition) is 2. The molecule has 1 aromatic heterocycles. The maximum Gasteiger partial charge on any atom is 0.0892 e. The molecule has 0 aliphatic heterocycles. The molecule has 2 nitrogen and oxygen atoms in total. The lowest BCUT2D eigenvalue weighted by molar-refractivity contribution is 0.820. The van der Waals surface area contributed by atoms with Gasteiger partial charge in [-0.1, -0.05) is 6.92 Å². The van der Waals surface area contributed by atoms with E-state index >= 15 is 0 Å². The number of rotatable bonds is 3. The summed E-state index contributed by atoms with van der Waals surface area (Å²) in [7, 11) is 1.96. The van der Waals surface area contributed by atoms with Gasteiger partial charge in [-0.3, -0.25) is 0 Å². The second-order valence-electron chi connectivity index (χ2n) is 2.88. The second kappa shape index (κ2) is 3.92. The van der Waals surface area contributed by atoms with Crippen molar-refractivity contribution in [3.63, 3.8) is 0 Å². The van der Waals surface area contributed by atoms with E-state index in [1.807, 2.05) is 7.05 Å². The van der Waals surface area contributed by atoms with Gasteiger partial charge in [0.1, 0.15) is 0 Å². The number of nitrogens with two attached hydrogens (primary N) is 1. The molecule has 0 aromatic carbocycles. The molecule has 0 saturated heterocycles. The van der Waals surface area contributed by atoms with Crippen LogP contribution < -0.4 is 11.1 Å². The van der Waals surface area contributed by atoms with Crippen LogP contribution in [0.1, 0.15) is 22.9 Å². The van der Waals surface area contributed by atoms with Crippen molar-refractivity contribution in [1.29, 1.82) is 0 Å². The lowest BCUT2D eigenvalue weighted by atomic mass is 10.1. The third-order valence-electron chi connectivity index (χ3n) is 2.08. The Morgan fingerprint density at radius 3 is 2.67 bits per heavy atom. The molecule has 0 amide bonds. The molecular weight excluding hydrogens is 168 g/mol. The lowest BCUT2D eigenvalue weighted by Gasteiger charge is -2.00. The molecule has 0 saturated carbocycles. The minimum Gasteiger partial charge on any atom is -0.390 e. The molecule has 68 valence electrons. The fourth-order valence-corrected chi connectivity index (χ4v) is 2.57. The van der Waals surface area contributed by atoms with E-state index in [1.165, 1.54) is 16.0 Å². The quantitative estimate of drug-likeness (QED) is 0.753. The summed E-state index contributed by atoms with van der Waals surface area (Å²) in [5, 5.41) is 4.12. The van der Waals surface area contributed by atoms with Gasteiger partial charge in [0, 0.05) is 11.4 Å². The van der Waals surface area contributed by atoms with Gasteiger partial charge in [-0.2, -0.15) is 0 Å². The summed E-state index contributed by atoms with van der Waals surface area (Å²) in [6.45, 7) is 5.21. The van der Waals surface area contributed by atoms with Gasteiger partial charge in [0.05, 0.1) is 5.00 Å². The first-order valence-electron chi connectivity index (χ1n) is 4.21. The van der Waals surface area contributed by atoms with E-state index < -0.39 is 0 Å². The van der Waals surface area contributed by atoms with E-state index in [0.717, 1.165) is 18.0 Å². The van der Waals surface area contributed by atoms with Gasteiger partial charge in [-0.15, -0.1) is 11.3 Å². The van der Waals surface area contributed by atoms with Gasteiger partial charge in [-0.25, -0.2) is 0 Å². The molecule has 12 heavy (non-hydrogen) atoms. The Balaban J connectivity index is 3.02. The lowest BCUT2D eigenvalue weighted by Crippen LogP contribution is -2.05. The van der Waals surface area contributed by atoms with Crippen LogP contribution in [0.5, 0.6) is 0 Å². The average molecular weight is 184 g/mol. The summed E-state index contributed by atoms with van der Waals surface area (Å²) >= 11 is 1.71. The maximum atomic E-state index is 5.84. The van der Waals surface area contributed by atoms with Crippen LogP contribution in [-0.4, -0.2) is 7.05 Å². The molecule has 1 aromatic rings. The highest BCUT2D eigenvalue weighted by atomic mass is 32.1. The summed E-state index contributed by atoms with van der Waals surface area (Å²) in [5.74, 6) is 0. The number of nitrogen functional groups attached to an aromatic ring is 1. The first kappa shape index (κ1) is 9.55. The van der Waals surface area contributed by atoms with Gasteiger partial charge < -0.3 is 11.1 Å². The minimum atomic E-state index is 0.936. The van der Waals surface area contributed by atoms with Crippen molar-refractivity contribution >= 4 is 16.3 Å². The molecule has 1 heterocycles. The molecule has 3 heteroatoms. The Morgan fingerprint density at radius 1 is 1.50 bits per heavy atom. The Labute approximate surface area is 77.8 Å². The van der Waals surface area contributed by atoms with Crippen LogP contribution in [0.3, 0.4) is 0 Å². The predicted molar refractivity (Wildman–Crippen MR) is 55.6 cm³/mol. The first-order valence-corrected chi connectivity index (χ1v) is 5.03. The third-order valence-corrected chi connectivity index (χ3v) is 3.25. The van der Waals surface area contributed by atoms with E-state index in [4.69, 9.17) is 5.73 Å². The zero-order valence-corrected chi connectivity index (χ0v) is 8.72. The fourth-order valence-electron chi connectivity index (χ4n) is 1.39. The summed E-state index contributed by atoms with van der Waals surface area (Å²) in [5.41, 5.74) is 8.53. The molecule has 0 radical (unpaired) electrons. The highest BCUT2D eigenvalue weighted by Crippen LogP contribution is 2.30. The first-order chi connectivity index (χ1) is 5.70. The maximum absolute atomic E-state index is 5.84. The van der Waals surface area contributed by atoms with Crippen molar-refractivity contribution in [2.45, 2.75) is 26.8 Å². The van der Waals surface area contributed by atoms with Gasteiger partial charge >= 0.3 is 0 Å². The van der Waals surface area contributed by atoms with Crippen molar-refractivity contribution in [1.82, 2.24) is 5.32 Å². The smallest absolute Gasteiger partial charge is 0.0892 e. The van der Waals surface area contributed by atoms with Crippen molar-refractivity contribution in [2.75, 3.05) is 12.8 Å². The van der Waals surface area contributed by atoms with Crippen molar-refractivity contribution < 1.29 is 0 Å². The minimum absolute atomic E-state index is 0.936. The van der Waals surface area contributed by atoms with Crippen LogP contribution in [0.4, 0.5) is 5.00 Å². The van der Waals surface area contributed by atoms with Crippen LogP contribution in [0, 0.1) is 6.92 Å². The Bertz CT molecular complexity index is 266. The van der Waals surface area contributed by atoms with Gasteiger partial charge in [0.25, 0.3) is 0 Å². The highest BCUT2D eigenvalue weighted by Gasteiger charge is 2.09. The van der Waals surface area contributed by atoms with Crippen LogP contribution >= 0.6 is 11.3 Å². The Kier molecular flexibility index (Phi) is 3.12.